The summed E-state index contributed by atoms with van der Waals surface area (Å²) in [7, 11) is 0. The van der Waals surface area contributed by atoms with E-state index in [1.54, 1.807) is 35.3 Å². The third kappa shape index (κ3) is 8.39. The number of furan rings is 1. The predicted octanol–water partition coefficient (Wildman–Crippen LogP) is 4.87. The second-order valence-electron chi connectivity index (χ2n) is 11.9. The lowest BCUT2D eigenvalue weighted by atomic mass is 9.96. The lowest BCUT2D eigenvalue weighted by Gasteiger charge is -2.25. The van der Waals surface area contributed by atoms with Crippen molar-refractivity contribution in [1.29, 1.82) is 5.26 Å². The Hall–Kier alpha value is -5.19. The van der Waals surface area contributed by atoms with E-state index in [4.69, 9.17) is 4.42 Å². The second kappa shape index (κ2) is 14.7. The van der Waals surface area contributed by atoms with Crippen LogP contribution in [0.4, 0.5) is 18.9 Å². The van der Waals surface area contributed by atoms with Gasteiger partial charge in [-0.05, 0) is 75.4 Å². The fraction of sp³-hybridized carbons (Fsp3) is 0.412. The SMILES string of the molecule is Cc1cc2cc(NC(=N[C@H]3CCCCN(CC(=O)N4CCCC4)C3=O)C(C#N)C(=O)c3ccc(C(=O)NCC(F)(F)F)cc3)ccc2o1. The van der Waals surface area contributed by atoms with E-state index in [0.717, 1.165) is 18.2 Å². The largest absolute Gasteiger partial charge is 0.461 e. The van der Waals surface area contributed by atoms with Gasteiger partial charge in [-0.15, -0.1) is 0 Å². The maximum absolute atomic E-state index is 13.8. The van der Waals surface area contributed by atoms with Crippen LogP contribution in [0.5, 0.6) is 0 Å². The molecule has 2 aromatic carbocycles. The van der Waals surface area contributed by atoms with Gasteiger partial charge in [0.25, 0.3) is 5.91 Å². The summed E-state index contributed by atoms with van der Waals surface area (Å²) in [5.74, 6) is -3.10. The number of nitrogens with one attached hydrogen (secondary N) is 2. The monoisotopic (exact) mass is 664 g/mol. The fourth-order valence-electron chi connectivity index (χ4n) is 5.82. The normalized spacial score (nSPS) is 17.9. The molecule has 11 nitrogen and oxygen atoms in total. The molecule has 48 heavy (non-hydrogen) atoms. The van der Waals surface area contributed by atoms with Gasteiger partial charge in [0.2, 0.25) is 11.8 Å². The van der Waals surface area contributed by atoms with Crippen molar-refractivity contribution in [3.63, 3.8) is 0 Å². The van der Waals surface area contributed by atoms with Crippen LogP contribution in [0.1, 0.15) is 58.6 Å². The number of aryl methyl sites for hydroxylation is 1. The number of aliphatic imine (C=N–C) groups is 1. The van der Waals surface area contributed by atoms with Gasteiger partial charge in [-0.3, -0.25) is 24.2 Å². The van der Waals surface area contributed by atoms with E-state index in [-0.39, 0.29) is 35.3 Å². The van der Waals surface area contributed by atoms with E-state index < -0.39 is 36.4 Å². The summed E-state index contributed by atoms with van der Waals surface area (Å²) in [6.45, 7) is 1.90. The van der Waals surface area contributed by atoms with Gasteiger partial charge in [-0.25, -0.2) is 0 Å². The van der Waals surface area contributed by atoms with E-state index in [0.29, 0.717) is 55.9 Å². The summed E-state index contributed by atoms with van der Waals surface area (Å²) in [4.78, 5) is 60.5. The number of alkyl halides is 3. The molecule has 2 aliphatic rings. The minimum atomic E-state index is -4.59. The lowest BCUT2D eigenvalue weighted by Crippen LogP contribution is -2.45. The van der Waals surface area contributed by atoms with E-state index in [1.807, 2.05) is 12.1 Å². The summed E-state index contributed by atoms with van der Waals surface area (Å²) < 4.78 is 43.3. The maximum Gasteiger partial charge on any atom is 0.405 e. The molecule has 2 N–H and O–H groups in total. The topological polar surface area (TPSA) is 148 Å². The number of ketones is 1. The molecule has 0 radical (unpaired) electrons. The van der Waals surface area contributed by atoms with Gasteiger partial charge in [0.05, 0.1) is 12.6 Å². The first kappa shape index (κ1) is 34.2. The molecular formula is C34H35F3N6O5. The molecule has 3 heterocycles. The molecule has 0 bridgehead atoms. The van der Waals surface area contributed by atoms with Gasteiger partial charge in [0.1, 0.15) is 29.8 Å². The molecule has 1 aromatic heterocycles. The number of nitriles is 1. The van der Waals surface area contributed by atoms with Gasteiger partial charge in [-0.2, -0.15) is 18.4 Å². The summed E-state index contributed by atoms with van der Waals surface area (Å²) in [6.07, 6.45) is -1.12. The number of likely N-dealkylation sites (tertiary alicyclic amines) is 2. The summed E-state index contributed by atoms with van der Waals surface area (Å²) in [5, 5.41) is 15.9. The highest BCUT2D eigenvalue weighted by molar-refractivity contribution is 6.18. The number of carbonyl (C=O) groups is 4. The zero-order valence-corrected chi connectivity index (χ0v) is 26.3. The van der Waals surface area contributed by atoms with E-state index >= 15 is 0 Å². The summed E-state index contributed by atoms with van der Waals surface area (Å²) in [6, 6.07) is 12.9. The van der Waals surface area contributed by atoms with Crippen LogP contribution >= 0.6 is 0 Å². The molecule has 2 fully saturated rings. The number of benzene rings is 2. The summed E-state index contributed by atoms with van der Waals surface area (Å²) in [5.41, 5.74) is 1.01. The van der Waals surface area contributed by atoms with E-state index in [9.17, 15) is 37.6 Å². The molecule has 0 saturated carbocycles. The molecule has 14 heteroatoms. The number of fused-ring (bicyclic) bond motifs is 1. The first-order chi connectivity index (χ1) is 22.9. The molecule has 0 spiro atoms. The number of carbonyl (C=O) groups excluding carboxylic acids is 4. The lowest BCUT2D eigenvalue weighted by molar-refractivity contribution is -0.140. The highest BCUT2D eigenvalue weighted by Gasteiger charge is 2.33. The van der Waals surface area contributed by atoms with Gasteiger partial charge in [-0.1, -0.05) is 12.1 Å². The Balaban J connectivity index is 1.43. The van der Waals surface area contributed by atoms with Crippen molar-refractivity contribution >= 4 is 46.0 Å². The first-order valence-corrected chi connectivity index (χ1v) is 15.7. The number of amides is 3. The zero-order chi connectivity index (χ0) is 34.4. The Morgan fingerprint density at radius 2 is 1.71 bits per heavy atom. The summed E-state index contributed by atoms with van der Waals surface area (Å²) >= 11 is 0. The quantitative estimate of drug-likeness (QED) is 0.188. The van der Waals surface area contributed by atoms with Gasteiger partial charge < -0.3 is 24.9 Å². The second-order valence-corrected chi connectivity index (χ2v) is 11.9. The van der Waals surface area contributed by atoms with E-state index in [2.05, 4.69) is 10.3 Å². The number of hydrogen-bond donors (Lipinski definition) is 2. The minimum absolute atomic E-state index is 0.00867. The number of Topliss-reactive ketones (excluding diaryl/α,β-unsaturated/α-hetero) is 1. The maximum atomic E-state index is 13.8. The van der Waals surface area contributed by atoms with E-state index in [1.165, 1.54) is 29.2 Å². The number of nitrogens with zero attached hydrogens (tertiary/aromatic N) is 4. The number of hydrogen-bond acceptors (Lipinski definition) is 7. The molecule has 252 valence electrons. The zero-order valence-electron chi connectivity index (χ0n) is 26.3. The highest BCUT2D eigenvalue weighted by atomic mass is 19.4. The Morgan fingerprint density at radius 1 is 1.02 bits per heavy atom. The first-order valence-electron chi connectivity index (χ1n) is 15.7. The number of anilines is 1. The smallest absolute Gasteiger partial charge is 0.405 e. The number of amidine groups is 1. The molecule has 2 atom stereocenters. The van der Waals surface area contributed by atoms with Gasteiger partial charge >= 0.3 is 6.18 Å². The van der Waals surface area contributed by atoms with Crippen molar-refractivity contribution in [3.05, 3.63) is 65.4 Å². The number of rotatable bonds is 9. The van der Waals surface area contributed by atoms with Gasteiger partial charge in [0, 0.05) is 41.8 Å². The Labute approximate surface area is 274 Å². The number of halogens is 3. The average Bonchev–Trinajstić information content (AvgIpc) is 3.69. The Morgan fingerprint density at radius 3 is 2.40 bits per heavy atom. The standard InChI is InChI=1S/C34H35F3N6O5/c1-21-16-24-17-25(11-12-28(24)48-21)40-31(41-27-6-2-3-15-43(33(27)47)19-29(44)42-13-4-5-14-42)26(18-38)30(45)22-7-9-23(10-8-22)32(46)39-20-34(35,36)37/h7-12,16-17,26-27H,2-6,13-15,19-20H2,1H3,(H,39,46)(H,40,41)/t26?,27-/m0/s1. The van der Waals surface area contributed by atoms with Crippen molar-refractivity contribution in [2.24, 2.45) is 10.9 Å². The van der Waals surface area contributed by atoms with Crippen LogP contribution in [0.2, 0.25) is 0 Å². The van der Waals surface area contributed by atoms with Crippen LogP contribution in [-0.2, 0) is 9.59 Å². The molecule has 0 aliphatic carbocycles. The molecule has 3 aromatic rings. The van der Waals surface area contributed by atoms with Crippen molar-refractivity contribution < 1.29 is 36.8 Å². The molecule has 3 amide bonds. The van der Waals surface area contributed by atoms with Crippen LogP contribution in [0.3, 0.4) is 0 Å². The molecule has 2 saturated heterocycles. The van der Waals surface area contributed by atoms with Crippen LogP contribution in [0, 0.1) is 24.2 Å². The molecule has 5 rings (SSSR count). The van der Waals surface area contributed by atoms with Gasteiger partial charge in [0.15, 0.2) is 11.7 Å². The third-order valence-corrected chi connectivity index (χ3v) is 8.29. The van der Waals surface area contributed by atoms with Crippen LogP contribution in [0.15, 0.2) is 57.9 Å². The Kier molecular flexibility index (Phi) is 10.5. The van der Waals surface area contributed by atoms with Crippen molar-refractivity contribution in [2.75, 3.05) is 38.0 Å². The predicted molar refractivity (Wildman–Crippen MR) is 170 cm³/mol. The third-order valence-electron chi connectivity index (χ3n) is 8.29. The molecule has 2 aliphatic heterocycles. The molecular weight excluding hydrogens is 629 g/mol. The highest BCUT2D eigenvalue weighted by Crippen LogP contribution is 2.25. The molecule has 1 unspecified atom stereocenters. The van der Waals surface area contributed by atoms with Crippen LogP contribution in [-0.4, -0.2) is 84.1 Å². The Bertz CT molecular complexity index is 1760. The van der Waals surface area contributed by atoms with Crippen LogP contribution in [0.25, 0.3) is 11.0 Å². The van der Waals surface area contributed by atoms with Crippen molar-refractivity contribution in [1.82, 2.24) is 15.1 Å². The van der Waals surface area contributed by atoms with Crippen molar-refractivity contribution in [3.8, 4) is 6.07 Å². The van der Waals surface area contributed by atoms with Crippen molar-refractivity contribution in [2.45, 2.75) is 51.2 Å². The average molecular weight is 665 g/mol. The van der Waals surface area contributed by atoms with Crippen LogP contribution < -0.4 is 10.6 Å². The minimum Gasteiger partial charge on any atom is -0.461 e. The fourth-order valence-corrected chi connectivity index (χ4v) is 5.82.